The Hall–Kier alpha value is -1.66. The van der Waals surface area contributed by atoms with Crippen molar-refractivity contribution in [1.29, 1.82) is 0 Å². The predicted octanol–water partition coefficient (Wildman–Crippen LogP) is 2.41. The van der Waals surface area contributed by atoms with Gasteiger partial charge in [-0.05, 0) is 37.1 Å². The van der Waals surface area contributed by atoms with Crippen molar-refractivity contribution in [3.63, 3.8) is 0 Å². The fourth-order valence-electron chi connectivity index (χ4n) is 4.12. The molecule has 3 heterocycles. The first kappa shape index (κ1) is 26.4. The molecule has 12 heteroatoms. The van der Waals surface area contributed by atoms with E-state index in [1.807, 2.05) is 0 Å². The molecule has 0 radical (unpaired) electrons. The highest BCUT2D eigenvalue weighted by atomic mass is 35.5. The van der Waals surface area contributed by atoms with Crippen LogP contribution in [0.4, 0.5) is 5.82 Å². The molecule has 2 aliphatic rings. The number of anilines is 1. The number of nitrogens with one attached hydrogen (secondary N) is 1. The molecule has 1 aromatic carbocycles. The van der Waals surface area contributed by atoms with Crippen LogP contribution in [0.1, 0.15) is 12.8 Å². The average Bonchev–Trinajstić information content (AvgIpc) is 2.87. The third kappa shape index (κ3) is 7.42. The Labute approximate surface area is 216 Å². The molecule has 2 fully saturated rings. The first-order valence-electron chi connectivity index (χ1n) is 11.6. The summed E-state index contributed by atoms with van der Waals surface area (Å²) in [5.74, 6) is 1.40. The van der Waals surface area contributed by atoms with E-state index >= 15 is 0 Å². The van der Waals surface area contributed by atoms with Gasteiger partial charge in [-0.25, -0.2) is 18.1 Å². The minimum atomic E-state index is -3.77. The number of aromatic nitrogens is 1. The zero-order valence-electron chi connectivity index (χ0n) is 19.3. The Balaban J connectivity index is 1.20. The van der Waals surface area contributed by atoms with Gasteiger partial charge in [0.25, 0.3) is 0 Å². The van der Waals surface area contributed by atoms with E-state index in [1.165, 1.54) is 12.3 Å². The van der Waals surface area contributed by atoms with Crippen molar-refractivity contribution < 1.29 is 23.0 Å². The maximum Gasteiger partial charge on any atom is 0.242 e. The van der Waals surface area contributed by atoms with Gasteiger partial charge >= 0.3 is 0 Å². The molecule has 1 unspecified atom stereocenters. The number of likely N-dealkylation sites (tertiary alicyclic amines) is 1. The second-order valence-corrected chi connectivity index (χ2v) is 11.2. The Bertz CT molecular complexity index is 1080. The molecular weight excluding hydrogens is 515 g/mol. The van der Waals surface area contributed by atoms with E-state index in [2.05, 4.69) is 19.5 Å². The number of sulfonamides is 1. The lowest BCUT2D eigenvalue weighted by atomic mass is 10.1. The van der Waals surface area contributed by atoms with Gasteiger partial charge in [-0.1, -0.05) is 23.2 Å². The van der Waals surface area contributed by atoms with Gasteiger partial charge in [0.05, 0.1) is 29.4 Å². The molecule has 35 heavy (non-hydrogen) atoms. The maximum atomic E-state index is 12.6. The van der Waals surface area contributed by atoms with Crippen LogP contribution in [-0.2, 0) is 14.8 Å². The number of β-amino-alcohol motifs (C(OH)–C–C–N with tert-alkyl or cyclic N) is 1. The fraction of sp³-hybridized carbons (Fsp3) is 0.522. The lowest BCUT2D eigenvalue weighted by molar-refractivity contribution is 0.0630. The van der Waals surface area contributed by atoms with Gasteiger partial charge in [-0.3, -0.25) is 0 Å². The number of aliphatic hydroxyl groups is 1. The van der Waals surface area contributed by atoms with E-state index in [-0.39, 0.29) is 17.5 Å². The number of ether oxygens (including phenoxy) is 2. The van der Waals surface area contributed by atoms with Crippen LogP contribution >= 0.6 is 23.2 Å². The summed E-state index contributed by atoms with van der Waals surface area (Å²) < 4.78 is 39.1. The van der Waals surface area contributed by atoms with Gasteiger partial charge < -0.3 is 24.4 Å². The van der Waals surface area contributed by atoms with E-state index in [1.54, 1.807) is 24.3 Å². The SMILES string of the molecule is O=S(=O)(NCC(O)CN1CCC(Oc2ccc(Cl)c(Cl)c2)CC1)c1ccc(N2CCOCC2)nc1. The van der Waals surface area contributed by atoms with Crippen LogP contribution in [0, 0.1) is 0 Å². The Kier molecular flexibility index (Phi) is 9.09. The number of rotatable bonds is 9. The van der Waals surface area contributed by atoms with Crippen LogP contribution in [0.5, 0.6) is 5.75 Å². The van der Waals surface area contributed by atoms with Crippen LogP contribution in [0.2, 0.25) is 10.0 Å². The summed E-state index contributed by atoms with van der Waals surface area (Å²) in [6.07, 6.45) is 2.14. The van der Waals surface area contributed by atoms with Crippen molar-refractivity contribution in [2.45, 2.75) is 29.9 Å². The van der Waals surface area contributed by atoms with Crippen LogP contribution in [0.25, 0.3) is 0 Å². The van der Waals surface area contributed by atoms with Crippen molar-refractivity contribution in [1.82, 2.24) is 14.6 Å². The second kappa shape index (κ2) is 12.1. The zero-order chi connectivity index (χ0) is 24.8. The molecule has 4 rings (SSSR count). The number of benzene rings is 1. The number of morpholine rings is 1. The molecule has 0 spiro atoms. The highest BCUT2D eigenvalue weighted by Crippen LogP contribution is 2.28. The minimum Gasteiger partial charge on any atom is -0.490 e. The normalized spacial score (nSPS) is 19.0. The van der Waals surface area contributed by atoms with E-state index in [9.17, 15) is 13.5 Å². The number of hydrogen-bond donors (Lipinski definition) is 2. The predicted molar refractivity (Wildman–Crippen MR) is 135 cm³/mol. The number of nitrogens with zero attached hydrogens (tertiary/aromatic N) is 3. The topological polar surface area (TPSA) is 104 Å². The van der Waals surface area contributed by atoms with E-state index in [0.717, 1.165) is 44.8 Å². The minimum absolute atomic E-state index is 0.0482. The summed E-state index contributed by atoms with van der Waals surface area (Å²) in [6.45, 7) is 4.48. The summed E-state index contributed by atoms with van der Waals surface area (Å²) in [6, 6.07) is 8.44. The van der Waals surface area contributed by atoms with Gasteiger partial charge in [0, 0.05) is 51.5 Å². The monoisotopic (exact) mass is 544 g/mol. The van der Waals surface area contributed by atoms with Crippen molar-refractivity contribution in [3.8, 4) is 5.75 Å². The highest BCUT2D eigenvalue weighted by molar-refractivity contribution is 7.89. The molecule has 9 nitrogen and oxygen atoms in total. The van der Waals surface area contributed by atoms with Gasteiger partial charge in [-0.15, -0.1) is 0 Å². The Morgan fingerprint density at radius 3 is 2.51 bits per heavy atom. The number of halogens is 2. The zero-order valence-corrected chi connectivity index (χ0v) is 21.6. The molecule has 2 aliphatic heterocycles. The van der Waals surface area contributed by atoms with Gasteiger partial charge in [0.15, 0.2) is 0 Å². The lowest BCUT2D eigenvalue weighted by Gasteiger charge is -2.33. The first-order valence-corrected chi connectivity index (χ1v) is 13.8. The van der Waals surface area contributed by atoms with Crippen molar-refractivity contribution in [2.24, 2.45) is 0 Å². The summed E-state index contributed by atoms with van der Waals surface area (Å²) >= 11 is 12.0. The molecular formula is C23H30Cl2N4O5S. The van der Waals surface area contributed by atoms with Crippen LogP contribution in [0.3, 0.4) is 0 Å². The molecule has 0 saturated carbocycles. The number of pyridine rings is 1. The summed E-state index contributed by atoms with van der Waals surface area (Å²) in [4.78, 5) is 8.52. The standard InChI is InChI=1S/C23H30Cl2N4O5S/c24-21-3-1-19(13-22(21)25)34-18-5-7-28(8-6-18)16-17(30)14-27-35(31,32)20-2-4-23(26-15-20)29-9-11-33-12-10-29/h1-4,13,15,17-18,27,30H,5-12,14,16H2. The maximum absolute atomic E-state index is 12.6. The van der Waals surface area contributed by atoms with E-state index in [4.69, 9.17) is 32.7 Å². The smallest absolute Gasteiger partial charge is 0.242 e. The molecule has 2 aromatic rings. The van der Waals surface area contributed by atoms with Gasteiger partial charge in [0.1, 0.15) is 22.6 Å². The van der Waals surface area contributed by atoms with Crippen LogP contribution < -0.4 is 14.4 Å². The van der Waals surface area contributed by atoms with Gasteiger partial charge in [-0.2, -0.15) is 0 Å². The van der Waals surface area contributed by atoms with Crippen molar-refractivity contribution >= 4 is 39.0 Å². The molecule has 0 aliphatic carbocycles. The molecule has 2 N–H and O–H groups in total. The quantitative estimate of drug-likeness (QED) is 0.495. The Morgan fingerprint density at radius 2 is 1.86 bits per heavy atom. The number of aliphatic hydroxyl groups excluding tert-OH is 1. The fourth-order valence-corrected chi connectivity index (χ4v) is 5.42. The number of piperidine rings is 1. The second-order valence-electron chi connectivity index (χ2n) is 8.65. The Morgan fingerprint density at radius 1 is 1.11 bits per heavy atom. The van der Waals surface area contributed by atoms with E-state index < -0.39 is 16.1 Å². The summed E-state index contributed by atoms with van der Waals surface area (Å²) in [5, 5.41) is 11.4. The number of hydrogen-bond acceptors (Lipinski definition) is 8. The summed E-state index contributed by atoms with van der Waals surface area (Å²) in [5.41, 5.74) is 0. The van der Waals surface area contributed by atoms with Crippen LogP contribution in [0.15, 0.2) is 41.4 Å². The highest BCUT2D eigenvalue weighted by Gasteiger charge is 2.24. The lowest BCUT2D eigenvalue weighted by Crippen LogP contribution is -2.45. The molecule has 1 aromatic heterocycles. The van der Waals surface area contributed by atoms with E-state index in [0.29, 0.717) is 35.6 Å². The third-order valence-corrected chi connectivity index (χ3v) is 8.22. The molecule has 2 saturated heterocycles. The van der Waals surface area contributed by atoms with Gasteiger partial charge in [0.2, 0.25) is 10.0 Å². The van der Waals surface area contributed by atoms with Crippen molar-refractivity contribution in [3.05, 3.63) is 46.6 Å². The molecule has 0 bridgehead atoms. The third-order valence-electron chi connectivity index (χ3n) is 6.07. The van der Waals surface area contributed by atoms with Crippen molar-refractivity contribution in [2.75, 3.05) is 57.4 Å². The first-order chi connectivity index (χ1) is 16.8. The molecule has 0 amide bonds. The average molecular weight is 545 g/mol. The van der Waals surface area contributed by atoms with Crippen LogP contribution in [-0.4, -0.2) is 88.1 Å². The molecule has 192 valence electrons. The summed E-state index contributed by atoms with van der Waals surface area (Å²) in [7, 11) is -3.77. The molecule has 1 atom stereocenters. The largest absolute Gasteiger partial charge is 0.490 e.